The minimum absolute atomic E-state index is 0.156. The fraction of sp³-hybridized carbons (Fsp3) is 0.364. The molecule has 0 unspecified atom stereocenters. The number of nitrogens with zero attached hydrogens (tertiary/aromatic N) is 4. The molecule has 1 atom stereocenters. The first kappa shape index (κ1) is 10.5. The molecule has 1 aromatic heterocycles. The minimum atomic E-state index is -0.350. The van der Waals surface area contributed by atoms with Crippen molar-refractivity contribution in [2.75, 3.05) is 0 Å². The molecule has 2 rings (SSSR count). The topological polar surface area (TPSA) is 74.8 Å². The molecule has 82 valence electrons. The van der Waals surface area contributed by atoms with Crippen LogP contribution in [0, 0.1) is 5.92 Å². The Morgan fingerprint density at radius 1 is 1.38 bits per heavy atom. The molecule has 5 nitrogen and oxygen atoms in total. The van der Waals surface area contributed by atoms with Gasteiger partial charge in [-0.15, -0.1) is 0 Å². The number of oxazole rings is 1. The molecule has 0 amide bonds. The highest BCUT2D eigenvalue weighted by atomic mass is 16.3. The van der Waals surface area contributed by atoms with E-state index in [1.54, 1.807) is 0 Å². The molecule has 0 spiro atoms. The summed E-state index contributed by atoms with van der Waals surface area (Å²) in [6.45, 7) is 3.93. The van der Waals surface area contributed by atoms with Crippen molar-refractivity contribution in [2.24, 2.45) is 11.0 Å². The Balaban J connectivity index is 2.48. The summed E-state index contributed by atoms with van der Waals surface area (Å²) in [6.07, 6.45) is 0. The first-order chi connectivity index (χ1) is 7.72. The van der Waals surface area contributed by atoms with Gasteiger partial charge >= 0.3 is 0 Å². The number of azide groups is 1. The monoisotopic (exact) mass is 216 g/mol. The van der Waals surface area contributed by atoms with Crippen LogP contribution >= 0.6 is 0 Å². The number of fused-ring (bicyclic) bond motifs is 1. The van der Waals surface area contributed by atoms with E-state index in [4.69, 9.17) is 9.95 Å². The zero-order chi connectivity index (χ0) is 11.5. The zero-order valence-electron chi connectivity index (χ0n) is 9.16. The summed E-state index contributed by atoms with van der Waals surface area (Å²) in [5.74, 6) is 0.637. The second kappa shape index (κ2) is 4.24. The van der Waals surface area contributed by atoms with Crippen molar-refractivity contribution in [3.63, 3.8) is 0 Å². The second-order valence-electron chi connectivity index (χ2n) is 3.91. The van der Waals surface area contributed by atoms with E-state index in [1.807, 2.05) is 38.1 Å². The SMILES string of the molecule is CC(C)[C@H](N=[N+]=[N-])c1nc2ccccc2o1. The van der Waals surface area contributed by atoms with Gasteiger partial charge in [-0.05, 0) is 23.6 Å². The fourth-order valence-electron chi connectivity index (χ4n) is 1.54. The van der Waals surface area contributed by atoms with Gasteiger partial charge in [-0.1, -0.05) is 31.1 Å². The molecule has 2 aromatic rings. The molecule has 0 aliphatic carbocycles. The normalized spacial score (nSPS) is 12.7. The first-order valence-electron chi connectivity index (χ1n) is 5.12. The Kier molecular flexibility index (Phi) is 2.79. The zero-order valence-corrected chi connectivity index (χ0v) is 9.16. The van der Waals surface area contributed by atoms with Crippen molar-refractivity contribution in [1.82, 2.24) is 4.98 Å². The summed E-state index contributed by atoms with van der Waals surface area (Å²) in [6, 6.07) is 7.15. The lowest BCUT2D eigenvalue weighted by molar-refractivity contribution is 0.402. The quantitative estimate of drug-likeness (QED) is 0.444. The standard InChI is InChI=1S/C11H12N4O/c1-7(2)10(14-15-12)11-13-8-5-3-4-6-9(8)16-11/h3-7,10H,1-2H3/t10-/m0/s1. The smallest absolute Gasteiger partial charge is 0.204 e. The van der Waals surface area contributed by atoms with Gasteiger partial charge in [0.2, 0.25) is 5.89 Å². The van der Waals surface area contributed by atoms with Crippen LogP contribution in [0.15, 0.2) is 33.8 Å². The number of aromatic nitrogens is 1. The number of hydrogen-bond donors (Lipinski definition) is 0. The van der Waals surface area contributed by atoms with E-state index in [0.29, 0.717) is 5.89 Å². The van der Waals surface area contributed by atoms with E-state index in [2.05, 4.69) is 15.0 Å². The molecule has 0 bridgehead atoms. The van der Waals surface area contributed by atoms with E-state index < -0.39 is 0 Å². The lowest BCUT2D eigenvalue weighted by atomic mass is 10.1. The molecule has 0 aliphatic heterocycles. The van der Waals surface area contributed by atoms with Gasteiger partial charge in [0, 0.05) is 4.91 Å². The van der Waals surface area contributed by atoms with Gasteiger partial charge in [0.1, 0.15) is 11.6 Å². The van der Waals surface area contributed by atoms with Crippen LogP contribution < -0.4 is 0 Å². The number of benzene rings is 1. The maximum Gasteiger partial charge on any atom is 0.204 e. The molecule has 0 N–H and O–H groups in total. The van der Waals surface area contributed by atoms with Crippen LogP contribution in [0.5, 0.6) is 0 Å². The molecule has 1 heterocycles. The van der Waals surface area contributed by atoms with Crippen LogP contribution in [-0.4, -0.2) is 4.98 Å². The van der Waals surface area contributed by atoms with Crippen molar-refractivity contribution >= 4 is 11.1 Å². The van der Waals surface area contributed by atoms with Gasteiger partial charge in [-0.25, -0.2) is 4.98 Å². The second-order valence-corrected chi connectivity index (χ2v) is 3.91. The number of para-hydroxylation sites is 2. The minimum Gasteiger partial charge on any atom is -0.440 e. The third-order valence-electron chi connectivity index (χ3n) is 2.37. The summed E-state index contributed by atoms with van der Waals surface area (Å²) < 4.78 is 5.57. The summed E-state index contributed by atoms with van der Waals surface area (Å²) in [4.78, 5) is 7.15. The average Bonchev–Trinajstić information content (AvgIpc) is 2.68. The Morgan fingerprint density at radius 2 is 2.12 bits per heavy atom. The van der Waals surface area contributed by atoms with Crippen LogP contribution in [0.3, 0.4) is 0 Å². The third kappa shape index (κ3) is 1.85. The molecule has 0 saturated carbocycles. The van der Waals surface area contributed by atoms with E-state index in [1.165, 1.54) is 0 Å². The predicted octanol–water partition coefficient (Wildman–Crippen LogP) is 3.84. The van der Waals surface area contributed by atoms with Crippen molar-refractivity contribution in [3.05, 3.63) is 40.6 Å². The summed E-state index contributed by atoms with van der Waals surface area (Å²) >= 11 is 0. The van der Waals surface area contributed by atoms with E-state index >= 15 is 0 Å². The van der Waals surface area contributed by atoms with E-state index in [0.717, 1.165) is 11.1 Å². The molecule has 1 aromatic carbocycles. The molecule has 16 heavy (non-hydrogen) atoms. The highest BCUT2D eigenvalue weighted by Crippen LogP contribution is 2.28. The molecule has 0 radical (unpaired) electrons. The molecular weight excluding hydrogens is 204 g/mol. The maximum absolute atomic E-state index is 8.51. The van der Waals surface area contributed by atoms with Gasteiger partial charge in [0.25, 0.3) is 0 Å². The highest BCUT2D eigenvalue weighted by Gasteiger charge is 2.20. The van der Waals surface area contributed by atoms with Crippen molar-refractivity contribution in [3.8, 4) is 0 Å². The van der Waals surface area contributed by atoms with Crippen LogP contribution in [-0.2, 0) is 0 Å². The average molecular weight is 216 g/mol. The van der Waals surface area contributed by atoms with Crippen LogP contribution in [0.2, 0.25) is 0 Å². The van der Waals surface area contributed by atoms with Gasteiger partial charge in [0.15, 0.2) is 5.58 Å². The number of hydrogen-bond acceptors (Lipinski definition) is 3. The Labute approximate surface area is 92.7 Å². The predicted molar refractivity (Wildman–Crippen MR) is 60.7 cm³/mol. The van der Waals surface area contributed by atoms with Crippen molar-refractivity contribution in [1.29, 1.82) is 0 Å². The Morgan fingerprint density at radius 3 is 2.75 bits per heavy atom. The van der Waals surface area contributed by atoms with E-state index in [-0.39, 0.29) is 12.0 Å². The molecule has 0 aliphatic rings. The van der Waals surface area contributed by atoms with Crippen LogP contribution in [0.25, 0.3) is 21.5 Å². The largest absolute Gasteiger partial charge is 0.440 e. The van der Waals surface area contributed by atoms with Crippen molar-refractivity contribution < 1.29 is 4.42 Å². The lowest BCUT2D eigenvalue weighted by Gasteiger charge is -2.09. The van der Waals surface area contributed by atoms with Gasteiger partial charge in [0.05, 0.1) is 0 Å². The van der Waals surface area contributed by atoms with Gasteiger partial charge < -0.3 is 4.42 Å². The summed E-state index contributed by atoms with van der Waals surface area (Å²) in [7, 11) is 0. The summed E-state index contributed by atoms with van der Waals surface area (Å²) in [5, 5.41) is 3.71. The first-order valence-corrected chi connectivity index (χ1v) is 5.12. The Bertz CT molecular complexity index is 507. The van der Waals surface area contributed by atoms with Gasteiger partial charge in [-0.2, -0.15) is 0 Å². The van der Waals surface area contributed by atoms with Crippen molar-refractivity contribution in [2.45, 2.75) is 19.9 Å². The van der Waals surface area contributed by atoms with Crippen LogP contribution in [0.4, 0.5) is 0 Å². The maximum atomic E-state index is 8.51. The molecule has 5 heteroatoms. The van der Waals surface area contributed by atoms with Gasteiger partial charge in [-0.3, -0.25) is 0 Å². The molecular formula is C11H12N4O. The van der Waals surface area contributed by atoms with E-state index in [9.17, 15) is 0 Å². The lowest BCUT2D eigenvalue weighted by Crippen LogP contribution is -2.03. The highest BCUT2D eigenvalue weighted by molar-refractivity contribution is 5.72. The van der Waals surface area contributed by atoms with Crippen LogP contribution in [0.1, 0.15) is 25.8 Å². The molecule has 0 fully saturated rings. The molecule has 0 saturated heterocycles. The summed E-state index contributed by atoms with van der Waals surface area (Å²) in [5.41, 5.74) is 10.0. The Hall–Kier alpha value is -2.00. The fourth-order valence-corrected chi connectivity index (χ4v) is 1.54. The number of rotatable bonds is 3. The third-order valence-corrected chi connectivity index (χ3v) is 2.37.